The van der Waals surface area contributed by atoms with Gasteiger partial charge in [0.25, 0.3) is 0 Å². The Morgan fingerprint density at radius 2 is 1.82 bits per heavy atom. The van der Waals surface area contributed by atoms with Crippen molar-refractivity contribution in [1.82, 2.24) is 5.32 Å². The zero-order valence-corrected chi connectivity index (χ0v) is 10.8. The Bertz CT molecular complexity index is 281. The Morgan fingerprint density at radius 1 is 1.00 bits per heavy atom. The van der Waals surface area contributed by atoms with E-state index in [1.54, 1.807) is 5.57 Å². The lowest BCUT2D eigenvalue weighted by Crippen LogP contribution is -2.45. The number of fused-ring (bicyclic) bond motifs is 1. The molecule has 0 spiro atoms. The van der Waals surface area contributed by atoms with Crippen LogP contribution in [0.2, 0.25) is 0 Å². The van der Waals surface area contributed by atoms with E-state index < -0.39 is 0 Å². The molecule has 17 heavy (non-hydrogen) atoms. The summed E-state index contributed by atoms with van der Waals surface area (Å²) in [5.74, 6) is 0.912. The highest BCUT2D eigenvalue weighted by Gasteiger charge is 2.30. The summed E-state index contributed by atoms with van der Waals surface area (Å²) in [5.41, 5.74) is 1.76. The molecule has 0 bridgehead atoms. The first-order chi connectivity index (χ1) is 8.43. The van der Waals surface area contributed by atoms with Gasteiger partial charge < -0.3 is 10.1 Å². The second kappa shape index (κ2) is 5.53. The van der Waals surface area contributed by atoms with Gasteiger partial charge in [-0.2, -0.15) is 0 Å². The van der Waals surface area contributed by atoms with Crippen molar-refractivity contribution in [2.45, 2.75) is 63.5 Å². The van der Waals surface area contributed by atoms with E-state index in [0.29, 0.717) is 12.1 Å². The van der Waals surface area contributed by atoms with Crippen LogP contribution in [0.5, 0.6) is 0 Å². The molecule has 2 fully saturated rings. The van der Waals surface area contributed by atoms with Crippen LogP contribution in [0, 0.1) is 5.92 Å². The Morgan fingerprint density at radius 3 is 2.71 bits per heavy atom. The lowest BCUT2D eigenvalue weighted by molar-refractivity contribution is 0.0744. The van der Waals surface area contributed by atoms with Crippen LogP contribution in [0.4, 0.5) is 0 Å². The molecule has 1 saturated heterocycles. The monoisotopic (exact) mass is 235 g/mol. The maximum atomic E-state index is 5.44. The van der Waals surface area contributed by atoms with E-state index in [-0.39, 0.29) is 0 Å². The maximum Gasteiger partial charge on any atom is 0.0480 e. The first-order valence-electron chi connectivity index (χ1n) is 7.47. The third-order valence-electron chi connectivity index (χ3n) is 4.71. The highest BCUT2D eigenvalue weighted by molar-refractivity contribution is 5.19. The molecule has 2 nitrogen and oxygen atoms in total. The number of ether oxygens (including phenoxy) is 1. The minimum absolute atomic E-state index is 0.692. The molecule has 1 heterocycles. The van der Waals surface area contributed by atoms with E-state index in [0.717, 1.165) is 19.1 Å². The average Bonchev–Trinajstić information content (AvgIpc) is 2.40. The second-order valence-electron chi connectivity index (χ2n) is 5.87. The number of rotatable bonds is 2. The van der Waals surface area contributed by atoms with E-state index in [4.69, 9.17) is 4.74 Å². The van der Waals surface area contributed by atoms with Gasteiger partial charge in [-0.25, -0.2) is 0 Å². The van der Waals surface area contributed by atoms with Crippen LogP contribution in [0.1, 0.15) is 51.4 Å². The van der Waals surface area contributed by atoms with E-state index in [9.17, 15) is 0 Å². The lowest BCUT2D eigenvalue weighted by atomic mass is 9.75. The first-order valence-corrected chi connectivity index (χ1v) is 7.47. The molecular weight excluding hydrogens is 210 g/mol. The van der Waals surface area contributed by atoms with Crippen molar-refractivity contribution in [3.63, 3.8) is 0 Å². The highest BCUT2D eigenvalue weighted by Crippen LogP contribution is 2.37. The molecule has 0 amide bonds. The molecular formula is C15H25NO. The molecule has 0 aromatic carbocycles. The summed E-state index contributed by atoms with van der Waals surface area (Å²) >= 11 is 0. The van der Waals surface area contributed by atoms with Crippen molar-refractivity contribution < 1.29 is 4.74 Å². The summed E-state index contributed by atoms with van der Waals surface area (Å²) in [5, 5.41) is 3.91. The lowest BCUT2D eigenvalue weighted by Gasteiger charge is -2.38. The summed E-state index contributed by atoms with van der Waals surface area (Å²) in [6.07, 6.45) is 13.3. The Balaban J connectivity index is 1.62. The topological polar surface area (TPSA) is 21.3 Å². The van der Waals surface area contributed by atoms with Gasteiger partial charge in [-0.05, 0) is 50.9 Å². The number of hydrogen-bond donors (Lipinski definition) is 1. The first kappa shape index (κ1) is 11.7. The van der Waals surface area contributed by atoms with Gasteiger partial charge in [0.2, 0.25) is 0 Å². The van der Waals surface area contributed by atoms with Gasteiger partial charge in [0.1, 0.15) is 0 Å². The van der Waals surface area contributed by atoms with Gasteiger partial charge in [0.15, 0.2) is 0 Å². The van der Waals surface area contributed by atoms with Gasteiger partial charge in [0.05, 0.1) is 0 Å². The van der Waals surface area contributed by atoms with Gasteiger partial charge in [-0.15, -0.1) is 0 Å². The normalized spacial score (nSPS) is 35.2. The third-order valence-corrected chi connectivity index (χ3v) is 4.71. The summed E-state index contributed by atoms with van der Waals surface area (Å²) in [6.45, 7) is 1.90. The second-order valence-corrected chi connectivity index (χ2v) is 5.87. The van der Waals surface area contributed by atoms with E-state index in [1.807, 2.05) is 0 Å². The molecule has 0 aromatic rings. The average molecular weight is 235 g/mol. The standard InChI is InChI=1S/C15H25NO/c1-2-6-14-12(4-1)5-3-7-15(14)16-13-8-10-17-11-9-13/h6,12-13,15-16H,1-5,7-11H2. The van der Waals surface area contributed by atoms with Crippen molar-refractivity contribution in [2.24, 2.45) is 5.92 Å². The fourth-order valence-electron chi connectivity index (χ4n) is 3.77. The zero-order valence-electron chi connectivity index (χ0n) is 10.8. The molecule has 2 unspecified atom stereocenters. The van der Waals surface area contributed by atoms with Crippen LogP contribution >= 0.6 is 0 Å². The van der Waals surface area contributed by atoms with Crippen LogP contribution in [-0.2, 0) is 4.74 Å². The van der Waals surface area contributed by atoms with Crippen LogP contribution in [-0.4, -0.2) is 25.3 Å². The summed E-state index contributed by atoms with van der Waals surface area (Å²) < 4.78 is 5.44. The molecule has 3 aliphatic rings. The maximum absolute atomic E-state index is 5.44. The molecule has 3 rings (SSSR count). The van der Waals surface area contributed by atoms with Gasteiger partial charge in [-0.3, -0.25) is 0 Å². The minimum atomic E-state index is 0.692. The number of hydrogen-bond acceptors (Lipinski definition) is 2. The fourth-order valence-corrected chi connectivity index (χ4v) is 3.77. The van der Waals surface area contributed by atoms with Gasteiger partial charge in [-0.1, -0.05) is 18.1 Å². The third kappa shape index (κ3) is 2.74. The van der Waals surface area contributed by atoms with Gasteiger partial charge in [0, 0.05) is 25.3 Å². The summed E-state index contributed by atoms with van der Waals surface area (Å²) in [7, 11) is 0. The SMILES string of the molecule is C1=C2C(CCC1)CCCC2NC1CCOCC1. The van der Waals surface area contributed by atoms with Crippen LogP contribution in [0.3, 0.4) is 0 Å². The number of nitrogens with one attached hydrogen (secondary N) is 1. The van der Waals surface area contributed by atoms with Crippen LogP contribution in [0.15, 0.2) is 11.6 Å². The molecule has 96 valence electrons. The molecule has 1 N–H and O–H groups in total. The van der Waals surface area contributed by atoms with Crippen molar-refractivity contribution in [3.8, 4) is 0 Å². The molecule has 0 radical (unpaired) electrons. The van der Waals surface area contributed by atoms with Crippen molar-refractivity contribution in [3.05, 3.63) is 11.6 Å². The Labute approximate surface area is 105 Å². The van der Waals surface area contributed by atoms with Crippen molar-refractivity contribution >= 4 is 0 Å². The van der Waals surface area contributed by atoms with E-state index in [2.05, 4.69) is 11.4 Å². The van der Waals surface area contributed by atoms with E-state index >= 15 is 0 Å². The Kier molecular flexibility index (Phi) is 3.82. The quantitative estimate of drug-likeness (QED) is 0.743. The smallest absolute Gasteiger partial charge is 0.0480 e. The summed E-state index contributed by atoms with van der Waals surface area (Å²) in [6, 6.07) is 1.40. The minimum Gasteiger partial charge on any atom is -0.381 e. The predicted octanol–water partition coefficient (Wildman–Crippen LogP) is 3.03. The molecule has 0 aromatic heterocycles. The van der Waals surface area contributed by atoms with E-state index in [1.165, 1.54) is 51.4 Å². The van der Waals surface area contributed by atoms with Crippen molar-refractivity contribution in [1.29, 1.82) is 0 Å². The number of allylic oxidation sites excluding steroid dienone is 1. The predicted molar refractivity (Wildman–Crippen MR) is 70.0 cm³/mol. The fraction of sp³-hybridized carbons (Fsp3) is 0.867. The van der Waals surface area contributed by atoms with Crippen molar-refractivity contribution in [2.75, 3.05) is 13.2 Å². The highest BCUT2D eigenvalue weighted by atomic mass is 16.5. The Hall–Kier alpha value is -0.340. The largest absolute Gasteiger partial charge is 0.381 e. The summed E-state index contributed by atoms with van der Waals surface area (Å²) in [4.78, 5) is 0. The molecule has 1 saturated carbocycles. The van der Waals surface area contributed by atoms with Gasteiger partial charge >= 0.3 is 0 Å². The molecule has 2 heteroatoms. The molecule has 1 aliphatic heterocycles. The van der Waals surface area contributed by atoms with Crippen LogP contribution in [0.25, 0.3) is 0 Å². The zero-order chi connectivity index (χ0) is 11.5. The molecule has 2 aliphatic carbocycles. The molecule has 2 atom stereocenters. The van der Waals surface area contributed by atoms with Crippen LogP contribution < -0.4 is 5.32 Å².